The monoisotopic (exact) mass is 192 g/mol. The molecule has 0 radical (unpaired) electrons. The number of nitrogens with zero attached hydrogens (tertiary/aromatic N) is 1. The van der Waals surface area contributed by atoms with Crippen LogP contribution < -0.4 is 5.73 Å². The standard InChI is InChI=1S/C7H9ClN2.ClH/c1-5-2-6(3-9)4-10-7(5)8;/h2,4H,3,9H2,1H3;1H. The van der Waals surface area contributed by atoms with Gasteiger partial charge in [-0.15, -0.1) is 12.4 Å². The van der Waals surface area contributed by atoms with Gasteiger partial charge in [-0.1, -0.05) is 17.7 Å². The molecule has 0 aliphatic heterocycles. The number of pyridine rings is 1. The maximum atomic E-state index is 5.69. The molecule has 0 spiro atoms. The number of aryl methyl sites for hydroxylation is 1. The third kappa shape index (κ3) is 2.66. The van der Waals surface area contributed by atoms with Crippen molar-refractivity contribution >= 4 is 24.0 Å². The molecular weight excluding hydrogens is 183 g/mol. The molecular formula is C7H10Cl2N2. The Labute approximate surface area is 77.2 Å². The average molecular weight is 193 g/mol. The molecule has 4 heteroatoms. The van der Waals surface area contributed by atoms with Crippen molar-refractivity contribution in [1.82, 2.24) is 4.98 Å². The summed E-state index contributed by atoms with van der Waals surface area (Å²) < 4.78 is 0. The molecule has 2 nitrogen and oxygen atoms in total. The fraction of sp³-hybridized carbons (Fsp3) is 0.286. The molecule has 0 saturated heterocycles. The average Bonchev–Trinajstić information content (AvgIpc) is 1.95. The van der Waals surface area contributed by atoms with Crippen LogP contribution in [0.25, 0.3) is 0 Å². The summed E-state index contributed by atoms with van der Waals surface area (Å²) in [7, 11) is 0. The van der Waals surface area contributed by atoms with E-state index in [0.717, 1.165) is 11.1 Å². The van der Waals surface area contributed by atoms with Crippen LogP contribution in [-0.2, 0) is 6.54 Å². The summed E-state index contributed by atoms with van der Waals surface area (Å²) in [6.07, 6.45) is 1.69. The Kier molecular flexibility index (Phi) is 4.42. The minimum atomic E-state index is 0. The van der Waals surface area contributed by atoms with Gasteiger partial charge in [0.2, 0.25) is 0 Å². The summed E-state index contributed by atoms with van der Waals surface area (Å²) in [5.41, 5.74) is 7.38. The van der Waals surface area contributed by atoms with Crippen molar-refractivity contribution in [2.24, 2.45) is 5.73 Å². The third-order valence-electron chi connectivity index (χ3n) is 1.31. The molecule has 1 aromatic rings. The Morgan fingerprint density at radius 1 is 1.64 bits per heavy atom. The topological polar surface area (TPSA) is 38.9 Å². The van der Waals surface area contributed by atoms with E-state index in [2.05, 4.69) is 4.98 Å². The Hall–Kier alpha value is -0.310. The molecule has 62 valence electrons. The second-order valence-electron chi connectivity index (χ2n) is 2.16. The van der Waals surface area contributed by atoms with Crippen LogP contribution in [0, 0.1) is 6.92 Å². The zero-order chi connectivity index (χ0) is 7.56. The predicted molar refractivity (Wildman–Crippen MR) is 49.1 cm³/mol. The van der Waals surface area contributed by atoms with Gasteiger partial charge in [0.1, 0.15) is 5.15 Å². The van der Waals surface area contributed by atoms with Gasteiger partial charge in [-0.2, -0.15) is 0 Å². The van der Waals surface area contributed by atoms with Crippen LogP contribution in [0.1, 0.15) is 11.1 Å². The van der Waals surface area contributed by atoms with E-state index in [-0.39, 0.29) is 12.4 Å². The second-order valence-corrected chi connectivity index (χ2v) is 2.51. The van der Waals surface area contributed by atoms with E-state index in [1.165, 1.54) is 0 Å². The van der Waals surface area contributed by atoms with Gasteiger partial charge in [-0.25, -0.2) is 4.98 Å². The number of rotatable bonds is 1. The highest BCUT2D eigenvalue weighted by molar-refractivity contribution is 6.30. The maximum Gasteiger partial charge on any atom is 0.131 e. The number of halogens is 2. The SMILES string of the molecule is Cc1cc(CN)cnc1Cl.Cl. The van der Waals surface area contributed by atoms with E-state index in [9.17, 15) is 0 Å². The first-order valence-corrected chi connectivity index (χ1v) is 3.43. The van der Waals surface area contributed by atoms with Gasteiger partial charge in [0.15, 0.2) is 0 Å². The van der Waals surface area contributed by atoms with Crippen LogP contribution in [0.15, 0.2) is 12.3 Å². The Morgan fingerprint density at radius 2 is 2.27 bits per heavy atom. The van der Waals surface area contributed by atoms with Gasteiger partial charge in [0, 0.05) is 12.7 Å². The van der Waals surface area contributed by atoms with E-state index in [1.807, 2.05) is 13.0 Å². The van der Waals surface area contributed by atoms with Crippen molar-refractivity contribution in [2.45, 2.75) is 13.5 Å². The smallest absolute Gasteiger partial charge is 0.131 e. The zero-order valence-corrected chi connectivity index (χ0v) is 7.75. The lowest BCUT2D eigenvalue weighted by molar-refractivity contribution is 1.04. The second kappa shape index (κ2) is 4.54. The minimum Gasteiger partial charge on any atom is -0.326 e. The summed E-state index contributed by atoms with van der Waals surface area (Å²) in [4.78, 5) is 3.93. The normalized spacial score (nSPS) is 9.00. The fourth-order valence-corrected chi connectivity index (χ4v) is 0.831. The quantitative estimate of drug-likeness (QED) is 0.692. The van der Waals surface area contributed by atoms with Gasteiger partial charge < -0.3 is 5.73 Å². The van der Waals surface area contributed by atoms with E-state index in [4.69, 9.17) is 17.3 Å². The van der Waals surface area contributed by atoms with Gasteiger partial charge in [0.05, 0.1) is 0 Å². The van der Waals surface area contributed by atoms with Crippen LogP contribution in [0.5, 0.6) is 0 Å². The molecule has 0 unspecified atom stereocenters. The minimum absolute atomic E-state index is 0. The summed E-state index contributed by atoms with van der Waals surface area (Å²) in [5.74, 6) is 0. The number of nitrogens with two attached hydrogens (primary N) is 1. The molecule has 0 aliphatic rings. The highest BCUT2D eigenvalue weighted by Crippen LogP contribution is 2.11. The summed E-state index contributed by atoms with van der Waals surface area (Å²) in [6.45, 7) is 2.43. The molecule has 0 atom stereocenters. The molecule has 0 bridgehead atoms. The molecule has 1 heterocycles. The van der Waals surface area contributed by atoms with Crippen LogP contribution >= 0.6 is 24.0 Å². The van der Waals surface area contributed by atoms with Crippen molar-refractivity contribution in [3.05, 3.63) is 28.5 Å². The summed E-state index contributed by atoms with van der Waals surface area (Å²) in [6, 6.07) is 1.94. The maximum absolute atomic E-state index is 5.69. The highest BCUT2D eigenvalue weighted by Gasteiger charge is 1.95. The highest BCUT2D eigenvalue weighted by atomic mass is 35.5. The molecule has 0 aromatic carbocycles. The molecule has 1 aromatic heterocycles. The summed E-state index contributed by atoms with van der Waals surface area (Å²) >= 11 is 5.69. The molecule has 2 N–H and O–H groups in total. The lowest BCUT2D eigenvalue weighted by Gasteiger charge is -1.98. The van der Waals surface area contributed by atoms with Crippen LogP contribution in [-0.4, -0.2) is 4.98 Å². The summed E-state index contributed by atoms with van der Waals surface area (Å²) in [5, 5.41) is 0.553. The number of hydrogen-bond acceptors (Lipinski definition) is 2. The van der Waals surface area contributed by atoms with Gasteiger partial charge >= 0.3 is 0 Å². The zero-order valence-electron chi connectivity index (χ0n) is 6.17. The van der Waals surface area contributed by atoms with Crippen LogP contribution in [0.2, 0.25) is 5.15 Å². The molecule has 1 rings (SSSR count). The first-order chi connectivity index (χ1) is 4.74. The number of hydrogen-bond donors (Lipinski definition) is 1. The van der Waals surface area contributed by atoms with Crippen molar-refractivity contribution in [1.29, 1.82) is 0 Å². The third-order valence-corrected chi connectivity index (χ3v) is 1.70. The Bertz CT molecular complexity index is 238. The van der Waals surface area contributed by atoms with E-state index < -0.39 is 0 Å². The Morgan fingerprint density at radius 3 is 2.73 bits per heavy atom. The van der Waals surface area contributed by atoms with Crippen molar-refractivity contribution in [2.75, 3.05) is 0 Å². The van der Waals surface area contributed by atoms with E-state index in [0.29, 0.717) is 11.7 Å². The Balaban J connectivity index is 0.000001000. The first-order valence-electron chi connectivity index (χ1n) is 3.05. The largest absolute Gasteiger partial charge is 0.326 e. The van der Waals surface area contributed by atoms with Crippen LogP contribution in [0.4, 0.5) is 0 Å². The van der Waals surface area contributed by atoms with Crippen LogP contribution in [0.3, 0.4) is 0 Å². The van der Waals surface area contributed by atoms with Gasteiger partial charge in [0.25, 0.3) is 0 Å². The van der Waals surface area contributed by atoms with E-state index in [1.54, 1.807) is 6.20 Å². The van der Waals surface area contributed by atoms with Crippen molar-refractivity contribution in [3.8, 4) is 0 Å². The molecule has 0 aliphatic carbocycles. The predicted octanol–water partition coefficient (Wildman–Crippen LogP) is 1.92. The van der Waals surface area contributed by atoms with Crippen molar-refractivity contribution < 1.29 is 0 Å². The fourth-order valence-electron chi connectivity index (χ4n) is 0.728. The molecule has 0 fully saturated rings. The van der Waals surface area contributed by atoms with Gasteiger partial charge in [-0.05, 0) is 18.1 Å². The molecule has 0 saturated carbocycles. The number of aromatic nitrogens is 1. The van der Waals surface area contributed by atoms with Crippen molar-refractivity contribution in [3.63, 3.8) is 0 Å². The lowest BCUT2D eigenvalue weighted by atomic mass is 10.2. The first kappa shape index (κ1) is 10.7. The molecule has 0 amide bonds. The molecule has 11 heavy (non-hydrogen) atoms. The van der Waals surface area contributed by atoms with Gasteiger partial charge in [-0.3, -0.25) is 0 Å². The lowest BCUT2D eigenvalue weighted by Crippen LogP contribution is -1.97. The van der Waals surface area contributed by atoms with E-state index >= 15 is 0 Å².